The largest absolute Gasteiger partial charge is 0.507 e. The highest BCUT2D eigenvalue weighted by Gasteiger charge is 2.27. The van der Waals surface area contributed by atoms with Gasteiger partial charge in [0.25, 0.3) is 0 Å². The molecule has 0 aliphatic rings. The molecule has 0 fully saturated rings. The number of hydrogen-bond acceptors (Lipinski definition) is 6. The standard InChI is InChI=1S/C23H24O6/c1-13(2)9-15(10-20(27)28-3)21-16(24)11-17(25)22-18(26)12-19(29-23(21)22)14-7-5-4-6-8-14/h4-8,11-13,15,24-25H,9-10H2,1-3H3/t15-/m1/s1. The van der Waals surface area contributed by atoms with Crippen LogP contribution in [-0.4, -0.2) is 23.3 Å². The molecule has 0 saturated carbocycles. The SMILES string of the molecule is COC(=O)C[C@@H](CC(C)C)c1c(O)cc(O)c2c(=O)cc(-c3ccccc3)oc12. The summed E-state index contributed by atoms with van der Waals surface area (Å²) in [5.41, 5.74) is 0.675. The van der Waals surface area contributed by atoms with Crippen molar-refractivity contribution in [3.63, 3.8) is 0 Å². The number of carbonyl (C=O) groups excluding carboxylic acids is 1. The van der Waals surface area contributed by atoms with Crippen molar-refractivity contribution in [1.29, 1.82) is 0 Å². The normalized spacial score (nSPS) is 12.3. The fourth-order valence-corrected chi connectivity index (χ4v) is 3.62. The minimum Gasteiger partial charge on any atom is -0.507 e. The van der Waals surface area contributed by atoms with E-state index in [1.165, 1.54) is 13.2 Å². The van der Waals surface area contributed by atoms with Gasteiger partial charge in [-0.2, -0.15) is 0 Å². The van der Waals surface area contributed by atoms with E-state index < -0.39 is 17.3 Å². The number of hydrogen-bond donors (Lipinski definition) is 2. The first kappa shape index (κ1) is 20.5. The number of phenols is 2. The zero-order valence-electron chi connectivity index (χ0n) is 16.6. The van der Waals surface area contributed by atoms with E-state index in [1.807, 2.05) is 32.0 Å². The lowest BCUT2D eigenvalue weighted by Gasteiger charge is -2.21. The first-order chi connectivity index (χ1) is 13.8. The summed E-state index contributed by atoms with van der Waals surface area (Å²) < 4.78 is 10.8. The molecule has 1 heterocycles. The molecule has 0 amide bonds. The second-order valence-corrected chi connectivity index (χ2v) is 7.48. The first-order valence-corrected chi connectivity index (χ1v) is 9.46. The van der Waals surface area contributed by atoms with Crippen molar-refractivity contribution in [3.8, 4) is 22.8 Å². The molecule has 0 radical (unpaired) electrons. The Kier molecular flexibility index (Phi) is 5.92. The fourth-order valence-electron chi connectivity index (χ4n) is 3.62. The Balaban J connectivity index is 2.30. The second-order valence-electron chi connectivity index (χ2n) is 7.48. The predicted octanol–water partition coefficient (Wildman–Crippen LogP) is 4.56. The average molecular weight is 396 g/mol. The van der Waals surface area contributed by atoms with Gasteiger partial charge in [-0.05, 0) is 12.3 Å². The van der Waals surface area contributed by atoms with Gasteiger partial charge in [-0.15, -0.1) is 0 Å². The maximum absolute atomic E-state index is 12.8. The third kappa shape index (κ3) is 4.26. The van der Waals surface area contributed by atoms with Crippen LogP contribution < -0.4 is 5.43 Å². The predicted molar refractivity (Wildman–Crippen MR) is 110 cm³/mol. The minimum atomic E-state index is -0.445. The van der Waals surface area contributed by atoms with Crippen LogP contribution in [0.2, 0.25) is 0 Å². The number of methoxy groups -OCH3 is 1. The molecule has 2 N–H and O–H groups in total. The highest BCUT2D eigenvalue weighted by molar-refractivity contribution is 5.90. The molecular formula is C23H24O6. The highest BCUT2D eigenvalue weighted by atomic mass is 16.5. The summed E-state index contributed by atoms with van der Waals surface area (Å²) in [6.07, 6.45) is 0.573. The van der Waals surface area contributed by atoms with Crippen molar-refractivity contribution < 1.29 is 24.2 Å². The topological polar surface area (TPSA) is 97.0 Å². The van der Waals surface area contributed by atoms with Crippen LogP contribution in [0.15, 0.2) is 51.7 Å². The molecule has 2 aromatic carbocycles. The summed E-state index contributed by atoms with van der Waals surface area (Å²) in [5.74, 6) is -0.945. The van der Waals surface area contributed by atoms with E-state index in [1.54, 1.807) is 12.1 Å². The van der Waals surface area contributed by atoms with Crippen LogP contribution in [0.25, 0.3) is 22.3 Å². The van der Waals surface area contributed by atoms with Crippen molar-refractivity contribution in [1.82, 2.24) is 0 Å². The Hall–Kier alpha value is -3.28. The van der Waals surface area contributed by atoms with Gasteiger partial charge in [-0.3, -0.25) is 9.59 Å². The van der Waals surface area contributed by atoms with Crippen molar-refractivity contribution >= 4 is 16.9 Å². The number of aromatic hydroxyl groups is 2. The Labute approximate surface area is 168 Å². The molecule has 6 heteroatoms. The Morgan fingerprint density at radius 1 is 1.10 bits per heavy atom. The average Bonchev–Trinajstić information content (AvgIpc) is 2.67. The van der Waals surface area contributed by atoms with Crippen LogP contribution in [0.5, 0.6) is 11.5 Å². The lowest BCUT2D eigenvalue weighted by Crippen LogP contribution is -2.13. The molecule has 3 rings (SSSR count). The van der Waals surface area contributed by atoms with Gasteiger partial charge in [0.15, 0.2) is 5.43 Å². The summed E-state index contributed by atoms with van der Waals surface area (Å²) in [6.45, 7) is 3.99. The van der Waals surface area contributed by atoms with Gasteiger partial charge in [0, 0.05) is 29.2 Å². The number of phenolic OH excluding ortho intramolecular Hbond substituents is 2. The monoisotopic (exact) mass is 396 g/mol. The zero-order valence-corrected chi connectivity index (χ0v) is 16.6. The zero-order chi connectivity index (χ0) is 21.1. The van der Waals surface area contributed by atoms with Crippen molar-refractivity contribution in [2.24, 2.45) is 5.92 Å². The molecule has 1 atom stereocenters. The van der Waals surface area contributed by atoms with Gasteiger partial charge in [-0.25, -0.2) is 0 Å². The molecule has 0 spiro atoms. The third-order valence-corrected chi connectivity index (χ3v) is 4.86. The summed E-state index contributed by atoms with van der Waals surface area (Å²) in [4.78, 5) is 24.8. The fraction of sp³-hybridized carbons (Fsp3) is 0.304. The highest BCUT2D eigenvalue weighted by Crippen LogP contribution is 2.42. The number of esters is 1. The van der Waals surface area contributed by atoms with E-state index in [0.29, 0.717) is 23.3 Å². The molecule has 1 aromatic heterocycles. The van der Waals surface area contributed by atoms with Crippen molar-refractivity contribution in [3.05, 3.63) is 58.3 Å². The van der Waals surface area contributed by atoms with E-state index in [-0.39, 0.29) is 34.8 Å². The smallest absolute Gasteiger partial charge is 0.306 e. The minimum absolute atomic E-state index is 0.0153. The maximum Gasteiger partial charge on any atom is 0.306 e. The summed E-state index contributed by atoms with van der Waals surface area (Å²) in [6, 6.07) is 11.5. The number of ether oxygens (including phenoxy) is 1. The lowest BCUT2D eigenvalue weighted by molar-refractivity contribution is -0.141. The molecule has 0 bridgehead atoms. The van der Waals surface area contributed by atoms with Gasteiger partial charge in [0.1, 0.15) is 28.2 Å². The second kappa shape index (κ2) is 8.39. The van der Waals surface area contributed by atoms with Crippen LogP contribution in [0, 0.1) is 5.92 Å². The molecule has 3 aromatic rings. The molecule has 29 heavy (non-hydrogen) atoms. The van der Waals surface area contributed by atoms with Gasteiger partial charge < -0.3 is 19.4 Å². The van der Waals surface area contributed by atoms with E-state index in [9.17, 15) is 19.8 Å². The van der Waals surface area contributed by atoms with Gasteiger partial charge in [0.2, 0.25) is 0 Å². The van der Waals surface area contributed by atoms with Crippen LogP contribution >= 0.6 is 0 Å². The van der Waals surface area contributed by atoms with Crippen LogP contribution in [0.3, 0.4) is 0 Å². The number of benzene rings is 2. The number of fused-ring (bicyclic) bond motifs is 1. The summed E-state index contributed by atoms with van der Waals surface area (Å²) >= 11 is 0. The van der Waals surface area contributed by atoms with Crippen LogP contribution in [0.4, 0.5) is 0 Å². The van der Waals surface area contributed by atoms with Crippen molar-refractivity contribution in [2.45, 2.75) is 32.6 Å². The molecular weight excluding hydrogens is 372 g/mol. The van der Waals surface area contributed by atoms with Gasteiger partial charge in [-0.1, -0.05) is 44.2 Å². The Morgan fingerprint density at radius 2 is 1.79 bits per heavy atom. The van der Waals surface area contributed by atoms with E-state index in [4.69, 9.17) is 9.15 Å². The molecule has 0 unspecified atom stereocenters. The first-order valence-electron chi connectivity index (χ1n) is 9.46. The summed E-state index contributed by atoms with van der Waals surface area (Å²) in [7, 11) is 1.30. The molecule has 0 aliphatic heterocycles. The van der Waals surface area contributed by atoms with E-state index in [2.05, 4.69) is 0 Å². The molecule has 6 nitrogen and oxygen atoms in total. The summed E-state index contributed by atoms with van der Waals surface area (Å²) in [5, 5.41) is 20.9. The van der Waals surface area contributed by atoms with Crippen LogP contribution in [-0.2, 0) is 9.53 Å². The lowest BCUT2D eigenvalue weighted by atomic mass is 9.86. The van der Waals surface area contributed by atoms with E-state index >= 15 is 0 Å². The van der Waals surface area contributed by atoms with Crippen molar-refractivity contribution in [2.75, 3.05) is 7.11 Å². The van der Waals surface area contributed by atoms with Crippen LogP contribution in [0.1, 0.15) is 38.2 Å². The number of rotatable bonds is 6. The Bertz CT molecular complexity index is 1080. The molecule has 0 aliphatic carbocycles. The Morgan fingerprint density at radius 3 is 2.41 bits per heavy atom. The van der Waals surface area contributed by atoms with E-state index in [0.717, 1.165) is 6.07 Å². The quantitative estimate of drug-likeness (QED) is 0.593. The third-order valence-electron chi connectivity index (χ3n) is 4.86. The molecule has 0 saturated heterocycles. The number of carbonyl (C=O) groups is 1. The molecule has 152 valence electrons. The van der Waals surface area contributed by atoms with Gasteiger partial charge in [0.05, 0.1) is 13.5 Å². The maximum atomic E-state index is 12.8. The van der Waals surface area contributed by atoms with Gasteiger partial charge >= 0.3 is 5.97 Å².